The maximum Gasteiger partial charge on any atom is 0.416 e. The van der Waals surface area contributed by atoms with E-state index in [0.717, 1.165) is 18.3 Å². The number of anilines is 2. The number of hydrogen-bond acceptors (Lipinski definition) is 4. The molecule has 0 amide bonds. The summed E-state index contributed by atoms with van der Waals surface area (Å²) in [6.45, 7) is 0. The second-order valence-electron chi connectivity index (χ2n) is 3.95. The molecule has 4 N–H and O–H groups in total. The van der Waals surface area contributed by atoms with Crippen LogP contribution in [0.4, 0.5) is 24.7 Å². The van der Waals surface area contributed by atoms with Crippen LogP contribution in [0.15, 0.2) is 33.8 Å². The Morgan fingerprint density at radius 1 is 1.33 bits per heavy atom. The van der Waals surface area contributed by atoms with Gasteiger partial charge in [0.25, 0.3) is 10.0 Å². The van der Waals surface area contributed by atoms with Gasteiger partial charge in [-0.05, 0) is 34.1 Å². The fourth-order valence-corrected chi connectivity index (χ4v) is 3.05. The smallest absolute Gasteiger partial charge is 0.383 e. The zero-order valence-electron chi connectivity index (χ0n) is 10.1. The molecule has 2 aromatic rings. The van der Waals surface area contributed by atoms with Gasteiger partial charge in [-0.3, -0.25) is 9.82 Å². The van der Waals surface area contributed by atoms with Gasteiger partial charge in [0.05, 0.1) is 17.4 Å². The monoisotopic (exact) mass is 384 g/mol. The van der Waals surface area contributed by atoms with Crippen LogP contribution in [0.25, 0.3) is 0 Å². The van der Waals surface area contributed by atoms with E-state index in [0.29, 0.717) is 6.07 Å². The second kappa shape index (κ2) is 5.22. The van der Waals surface area contributed by atoms with Crippen molar-refractivity contribution < 1.29 is 21.6 Å². The van der Waals surface area contributed by atoms with E-state index in [2.05, 4.69) is 26.1 Å². The lowest BCUT2D eigenvalue weighted by Crippen LogP contribution is -2.15. The summed E-state index contributed by atoms with van der Waals surface area (Å²) >= 11 is 2.98. The average molecular weight is 385 g/mol. The minimum Gasteiger partial charge on any atom is -0.383 e. The normalized spacial score (nSPS) is 12.4. The van der Waals surface area contributed by atoms with Crippen molar-refractivity contribution in [3.63, 3.8) is 0 Å². The lowest BCUT2D eigenvalue weighted by atomic mass is 10.2. The molecule has 0 atom stereocenters. The van der Waals surface area contributed by atoms with Gasteiger partial charge in [-0.15, -0.1) is 0 Å². The molecule has 0 unspecified atom stereocenters. The van der Waals surface area contributed by atoms with Crippen LogP contribution in [0.2, 0.25) is 0 Å². The number of H-pyrrole nitrogens is 1. The van der Waals surface area contributed by atoms with E-state index in [1.54, 1.807) is 0 Å². The number of hydrogen-bond donors (Lipinski definition) is 3. The summed E-state index contributed by atoms with van der Waals surface area (Å²) in [6.07, 6.45) is -3.63. The van der Waals surface area contributed by atoms with Crippen LogP contribution in [0, 0.1) is 0 Å². The molecule has 0 saturated carbocycles. The summed E-state index contributed by atoms with van der Waals surface area (Å²) in [4.78, 5) is -0.355. The Morgan fingerprint density at radius 2 is 2.00 bits per heavy atom. The van der Waals surface area contributed by atoms with Crippen molar-refractivity contribution in [2.24, 2.45) is 0 Å². The van der Waals surface area contributed by atoms with E-state index in [4.69, 9.17) is 5.73 Å². The predicted molar refractivity (Wildman–Crippen MR) is 73.0 cm³/mol. The van der Waals surface area contributed by atoms with Gasteiger partial charge in [-0.1, -0.05) is 0 Å². The van der Waals surface area contributed by atoms with Gasteiger partial charge >= 0.3 is 6.18 Å². The quantitative estimate of drug-likeness (QED) is 0.756. The molecule has 0 radical (unpaired) electrons. The number of nitrogens with one attached hydrogen (secondary N) is 2. The van der Waals surface area contributed by atoms with Crippen molar-refractivity contribution >= 4 is 37.5 Å². The number of nitrogen functional groups attached to an aromatic ring is 1. The van der Waals surface area contributed by atoms with Crippen LogP contribution < -0.4 is 10.5 Å². The second-order valence-corrected chi connectivity index (χ2v) is 6.45. The summed E-state index contributed by atoms with van der Waals surface area (Å²) in [5.74, 6) is -0.217. The van der Waals surface area contributed by atoms with E-state index < -0.39 is 21.8 Å². The summed E-state index contributed by atoms with van der Waals surface area (Å²) in [7, 11) is -4.15. The molecule has 2 rings (SSSR count). The highest BCUT2D eigenvalue weighted by Gasteiger charge is 2.31. The maximum absolute atomic E-state index is 12.6. The minimum absolute atomic E-state index is 0.154. The summed E-state index contributed by atoms with van der Waals surface area (Å²) < 4.78 is 64.2. The van der Waals surface area contributed by atoms with E-state index >= 15 is 0 Å². The standard InChI is InChI=1S/C10H8BrF3N4O2S/c11-6-2-1-5(10(12,13)14)3-7(6)18-21(19,20)8-4-16-17-9(8)15/h1-4,18H,(H3,15,16,17). The lowest BCUT2D eigenvalue weighted by Gasteiger charge is -2.12. The lowest BCUT2D eigenvalue weighted by molar-refractivity contribution is -0.137. The Bertz CT molecular complexity index is 773. The van der Waals surface area contributed by atoms with Gasteiger partial charge in [-0.25, -0.2) is 8.42 Å². The highest BCUT2D eigenvalue weighted by atomic mass is 79.9. The minimum atomic E-state index is -4.59. The number of nitrogens with zero attached hydrogens (tertiary/aromatic N) is 1. The van der Waals surface area contributed by atoms with Gasteiger partial charge in [0.2, 0.25) is 0 Å². The summed E-state index contributed by atoms with van der Waals surface area (Å²) in [6, 6.07) is 2.60. The molecule has 0 aliphatic rings. The molecule has 6 nitrogen and oxygen atoms in total. The first-order valence-electron chi connectivity index (χ1n) is 5.29. The molecule has 1 aromatic heterocycles. The van der Waals surface area contributed by atoms with Crippen LogP contribution in [-0.2, 0) is 16.2 Å². The molecule has 11 heteroatoms. The third-order valence-electron chi connectivity index (χ3n) is 2.46. The van der Waals surface area contributed by atoms with Gasteiger partial charge in [0, 0.05) is 4.47 Å². The molecule has 0 aliphatic carbocycles. The van der Waals surface area contributed by atoms with Crippen LogP contribution in [0.5, 0.6) is 0 Å². The van der Waals surface area contributed by atoms with E-state index in [1.807, 2.05) is 4.72 Å². The van der Waals surface area contributed by atoms with Gasteiger partial charge in [0.15, 0.2) is 0 Å². The van der Waals surface area contributed by atoms with Crippen molar-refractivity contribution in [3.8, 4) is 0 Å². The Labute approximate surface area is 125 Å². The Morgan fingerprint density at radius 3 is 2.52 bits per heavy atom. The maximum atomic E-state index is 12.6. The molecule has 1 aromatic carbocycles. The van der Waals surface area contributed by atoms with E-state index in [1.165, 1.54) is 0 Å². The molecule has 0 aliphatic heterocycles. The van der Waals surface area contributed by atoms with Crippen molar-refractivity contribution in [3.05, 3.63) is 34.4 Å². The molecule has 21 heavy (non-hydrogen) atoms. The number of halogens is 4. The topological polar surface area (TPSA) is 101 Å². The number of rotatable bonds is 3. The number of sulfonamides is 1. The van der Waals surface area contributed by atoms with Gasteiger partial charge in [-0.2, -0.15) is 18.3 Å². The van der Waals surface area contributed by atoms with Crippen LogP contribution >= 0.6 is 15.9 Å². The van der Waals surface area contributed by atoms with Crippen LogP contribution in [0.3, 0.4) is 0 Å². The highest BCUT2D eigenvalue weighted by molar-refractivity contribution is 9.10. The Balaban J connectivity index is 2.42. The van der Waals surface area contributed by atoms with Gasteiger partial charge in [0.1, 0.15) is 10.7 Å². The number of benzene rings is 1. The van der Waals surface area contributed by atoms with Crippen molar-refractivity contribution in [2.45, 2.75) is 11.1 Å². The zero-order valence-corrected chi connectivity index (χ0v) is 12.5. The predicted octanol–water partition coefficient (Wildman–Crippen LogP) is 2.57. The van der Waals surface area contributed by atoms with Crippen molar-refractivity contribution in [1.82, 2.24) is 10.2 Å². The number of aromatic nitrogens is 2. The molecule has 1 heterocycles. The zero-order chi connectivity index (χ0) is 15.8. The third kappa shape index (κ3) is 3.29. The Kier molecular flexibility index (Phi) is 3.89. The van der Waals surface area contributed by atoms with E-state index in [9.17, 15) is 21.6 Å². The van der Waals surface area contributed by atoms with Crippen molar-refractivity contribution in [2.75, 3.05) is 10.5 Å². The van der Waals surface area contributed by atoms with Crippen LogP contribution in [-0.4, -0.2) is 18.6 Å². The first-order valence-corrected chi connectivity index (χ1v) is 7.57. The first-order chi connectivity index (χ1) is 9.61. The van der Waals surface area contributed by atoms with Gasteiger partial charge < -0.3 is 5.73 Å². The summed E-state index contributed by atoms with van der Waals surface area (Å²) in [5.41, 5.74) is 4.15. The molecule has 0 fully saturated rings. The fraction of sp³-hybridized carbons (Fsp3) is 0.100. The largest absolute Gasteiger partial charge is 0.416 e. The number of alkyl halides is 3. The fourth-order valence-electron chi connectivity index (χ4n) is 1.48. The summed E-state index contributed by atoms with van der Waals surface area (Å²) in [5, 5.41) is 5.68. The SMILES string of the molecule is Nc1[nH]ncc1S(=O)(=O)Nc1cc(C(F)(F)F)ccc1Br. The van der Waals surface area contributed by atoms with Crippen molar-refractivity contribution in [1.29, 1.82) is 0 Å². The molecular formula is C10H8BrF3N4O2S. The number of nitrogens with two attached hydrogens (primary N) is 1. The first kappa shape index (κ1) is 15.6. The molecule has 0 spiro atoms. The molecule has 0 saturated heterocycles. The molecule has 114 valence electrons. The number of aromatic amines is 1. The Hall–Kier alpha value is -1.75. The molecule has 0 bridgehead atoms. The van der Waals surface area contributed by atoms with E-state index in [-0.39, 0.29) is 20.9 Å². The third-order valence-corrected chi connectivity index (χ3v) is 4.54. The highest BCUT2D eigenvalue weighted by Crippen LogP contribution is 2.34. The van der Waals surface area contributed by atoms with Crippen LogP contribution in [0.1, 0.15) is 5.56 Å². The average Bonchev–Trinajstić information content (AvgIpc) is 2.77. The molecular weight excluding hydrogens is 377 g/mol.